The van der Waals surface area contributed by atoms with Crippen molar-refractivity contribution in [3.63, 3.8) is 0 Å². The van der Waals surface area contributed by atoms with Crippen molar-refractivity contribution in [2.45, 2.75) is 6.54 Å². The van der Waals surface area contributed by atoms with Crippen LogP contribution in [0.4, 0.5) is 10.2 Å². The number of nitrogens with zero attached hydrogens (tertiary/aromatic N) is 2. The van der Waals surface area contributed by atoms with E-state index in [4.69, 9.17) is 16.9 Å². The van der Waals surface area contributed by atoms with Gasteiger partial charge in [-0.1, -0.05) is 17.7 Å². The molecule has 2 N–H and O–H groups in total. The van der Waals surface area contributed by atoms with Gasteiger partial charge in [0.05, 0.1) is 18.0 Å². The van der Waals surface area contributed by atoms with Gasteiger partial charge in [-0.3, -0.25) is 4.79 Å². The first-order valence-corrected chi connectivity index (χ1v) is 5.65. The lowest BCUT2D eigenvalue weighted by Crippen LogP contribution is -2.12. The molecular weight excluding hydrogens is 271 g/mol. The van der Waals surface area contributed by atoms with E-state index in [9.17, 15) is 9.18 Å². The average molecular weight is 279 g/mol. The number of nitriles is 1. The number of hydrogen-bond donors (Lipinski definition) is 2. The number of aromatic amines is 1. The maximum atomic E-state index is 13.6. The van der Waals surface area contributed by atoms with Gasteiger partial charge in [-0.2, -0.15) is 5.26 Å². The highest BCUT2D eigenvalue weighted by Crippen LogP contribution is 2.15. The number of H-pyrrole nitrogens is 1. The summed E-state index contributed by atoms with van der Waals surface area (Å²) in [6.45, 7) is 0.105. The predicted octanol–water partition coefficient (Wildman–Crippen LogP) is 2.05. The first-order valence-electron chi connectivity index (χ1n) is 5.27. The maximum Gasteiger partial charge on any atom is 0.271 e. The number of benzene rings is 1. The summed E-state index contributed by atoms with van der Waals surface area (Å²) in [5, 5.41) is 11.3. The van der Waals surface area contributed by atoms with Crippen molar-refractivity contribution in [3.8, 4) is 6.07 Å². The van der Waals surface area contributed by atoms with E-state index in [0.29, 0.717) is 5.56 Å². The molecule has 1 aromatic heterocycles. The van der Waals surface area contributed by atoms with E-state index in [0.717, 1.165) is 6.07 Å². The molecule has 0 aliphatic heterocycles. The second-order valence-electron chi connectivity index (χ2n) is 3.67. The summed E-state index contributed by atoms with van der Waals surface area (Å²) in [6, 6.07) is 5.98. The van der Waals surface area contributed by atoms with Crippen LogP contribution in [0.1, 0.15) is 11.1 Å². The molecule has 1 aromatic carbocycles. The third-order valence-electron chi connectivity index (χ3n) is 2.43. The second-order valence-corrected chi connectivity index (χ2v) is 4.04. The van der Waals surface area contributed by atoms with Crippen LogP contribution in [0.15, 0.2) is 29.3 Å². The van der Waals surface area contributed by atoms with Gasteiger partial charge in [0.1, 0.15) is 10.8 Å². The van der Waals surface area contributed by atoms with Crippen molar-refractivity contribution >= 4 is 17.4 Å². The molecule has 7 heteroatoms. The monoisotopic (exact) mass is 278 g/mol. The lowest BCUT2D eigenvalue weighted by molar-refractivity contribution is 0.612. The Morgan fingerprint density at radius 1 is 1.53 bits per heavy atom. The molecule has 0 fully saturated rings. The third kappa shape index (κ3) is 2.89. The molecule has 0 atom stereocenters. The number of aromatic nitrogens is 2. The van der Waals surface area contributed by atoms with E-state index >= 15 is 0 Å². The largest absolute Gasteiger partial charge is 0.364 e. The molecule has 5 nitrogen and oxygen atoms in total. The number of rotatable bonds is 3. The highest BCUT2D eigenvalue weighted by Gasteiger charge is 2.07. The highest BCUT2D eigenvalue weighted by atomic mass is 35.5. The van der Waals surface area contributed by atoms with E-state index in [1.165, 1.54) is 18.5 Å². The fourth-order valence-corrected chi connectivity index (χ4v) is 1.62. The number of nitrogens with one attached hydrogen (secondary N) is 2. The van der Waals surface area contributed by atoms with Crippen LogP contribution in [0.3, 0.4) is 0 Å². The van der Waals surface area contributed by atoms with Crippen LogP contribution >= 0.6 is 11.6 Å². The molecule has 2 rings (SSSR count). The Labute approximate surface area is 112 Å². The summed E-state index contributed by atoms with van der Waals surface area (Å²) in [7, 11) is 0. The van der Waals surface area contributed by atoms with Gasteiger partial charge in [0.15, 0.2) is 5.82 Å². The van der Waals surface area contributed by atoms with Crippen molar-refractivity contribution in [3.05, 3.63) is 56.8 Å². The maximum absolute atomic E-state index is 13.6. The Morgan fingerprint density at radius 3 is 3.00 bits per heavy atom. The Balaban J connectivity index is 2.17. The Kier molecular flexibility index (Phi) is 3.78. The zero-order valence-electron chi connectivity index (χ0n) is 9.58. The van der Waals surface area contributed by atoms with E-state index in [1.807, 2.05) is 6.07 Å². The standard InChI is InChI=1S/C12H8ClFN4O/c13-10-11(17-6-18-12(10)19)16-5-8-2-1-7(4-15)3-9(8)14/h1-3,6H,5H2,(H2,16,17,18,19). The van der Waals surface area contributed by atoms with Crippen LogP contribution in [-0.2, 0) is 6.54 Å². The van der Waals surface area contributed by atoms with E-state index in [1.54, 1.807) is 0 Å². The number of hydrogen-bond acceptors (Lipinski definition) is 4. The van der Waals surface area contributed by atoms with E-state index in [-0.39, 0.29) is 22.9 Å². The molecule has 19 heavy (non-hydrogen) atoms. The summed E-state index contributed by atoms with van der Waals surface area (Å²) >= 11 is 5.74. The summed E-state index contributed by atoms with van der Waals surface area (Å²) in [5.41, 5.74) is 0.116. The third-order valence-corrected chi connectivity index (χ3v) is 2.78. The topological polar surface area (TPSA) is 81.6 Å². The average Bonchev–Trinajstić information content (AvgIpc) is 2.41. The van der Waals surface area contributed by atoms with Gasteiger partial charge in [-0.25, -0.2) is 9.37 Å². The first kappa shape index (κ1) is 13.1. The molecule has 0 unspecified atom stereocenters. The minimum Gasteiger partial charge on any atom is -0.364 e. The molecular formula is C12H8ClFN4O. The minimum absolute atomic E-state index is 0.0865. The highest BCUT2D eigenvalue weighted by molar-refractivity contribution is 6.32. The molecule has 0 spiro atoms. The molecule has 1 heterocycles. The molecule has 0 aliphatic rings. The fraction of sp³-hybridized carbons (Fsp3) is 0.0833. The SMILES string of the molecule is N#Cc1ccc(CNc2nc[nH]c(=O)c2Cl)c(F)c1. The molecule has 0 saturated carbocycles. The molecule has 0 bridgehead atoms. The van der Waals surface area contributed by atoms with Gasteiger partial charge < -0.3 is 10.3 Å². The lowest BCUT2D eigenvalue weighted by Gasteiger charge is -2.07. The zero-order valence-corrected chi connectivity index (χ0v) is 10.3. The molecule has 0 amide bonds. The number of halogens is 2. The van der Waals surface area contributed by atoms with E-state index < -0.39 is 11.4 Å². The first-order chi connectivity index (χ1) is 9.11. The predicted molar refractivity (Wildman–Crippen MR) is 68.3 cm³/mol. The molecule has 0 radical (unpaired) electrons. The summed E-state index contributed by atoms with van der Waals surface area (Å²) in [4.78, 5) is 17.4. The summed E-state index contributed by atoms with van der Waals surface area (Å²) in [6.07, 6.45) is 1.20. The van der Waals surface area contributed by atoms with Crippen molar-refractivity contribution < 1.29 is 4.39 Å². The smallest absolute Gasteiger partial charge is 0.271 e. The van der Waals surface area contributed by atoms with Gasteiger partial charge in [-0.15, -0.1) is 0 Å². The van der Waals surface area contributed by atoms with Gasteiger partial charge in [-0.05, 0) is 12.1 Å². The fourth-order valence-electron chi connectivity index (χ4n) is 1.45. The molecule has 0 aliphatic carbocycles. The lowest BCUT2D eigenvalue weighted by atomic mass is 10.1. The van der Waals surface area contributed by atoms with Gasteiger partial charge in [0.2, 0.25) is 0 Å². The zero-order chi connectivity index (χ0) is 13.8. The normalized spacial score (nSPS) is 9.95. The molecule has 2 aromatic rings. The van der Waals surface area contributed by atoms with Crippen LogP contribution in [0, 0.1) is 17.1 Å². The van der Waals surface area contributed by atoms with Crippen molar-refractivity contribution in [2.75, 3.05) is 5.32 Å². The Hall–Kier alpha value is -2.39. The van der Waals surface area contributed by atoms with Crippen LogP contribution in [0.2, 0.25) is 5.02 Å². The van der Waals surface area contributed by atoms with Gasteiger partial charge >= 0.3 is 0 Å². The van der Waals surface area contributed by atoms with Crippen molar-refractivity contribution in [1.82, 2.24) is 9.97 Å². The van der Waals surface area contributed by atoms with E-state index in [2.05, 4.69) is 15.3 Å². The van der Waals surface area contributed by atoms with Crippen LogP contribution in [0.5, 0.6) is 0 Å². The summed E-state index contributed by atoms with van der Waals surface area (Å²) in [5.74, 6) is -0.332. The summed E-state index contributed by atoms with van der Waals surface area (Å²) < 4.78 is 13.6. The molecule has 96 valence electrons. The van der Waals surface area contributed by atoms with Crippen molar-refractivity contribution in [1.29, 1.82) is 5.26 Å². The minimum atomic E-state index is -0.507. The van der Waals surface area contributed by atoms with Crippen LogP contribution in [0.25, 0.3) is 0 Å². The second kappa shape index (κ2) is 5.50. The van der Waals surface area contributed by atoms with Crippen LogP contribution in [-0.4, -0.2) is 9.97 Å². The Bertz CT molecular complexity index is 708. The van der Waals surface area contributed by atoms with Crippen LogP contribution < -0.4 is 10.9 Å². The Morgan fingerprint density at radius 2 is 2.32 bits per heavy atom. The molecule has 0 saturated heterocycles. The van der Waals surface area contributed by atoms with Gasteiger partial charge in [0.25, 0.3) is 5.56 Å². The van der Waals surface area contributed by atoms with Gasteiger partial charge in [0, 0.05) is 12.1 Å². The van der Waals surface area contributed by atoms with Crippen molar-refractivity contribution in [2.24, 2.45) is 0 Å². The number of anilines is 1. The quantitative estimate of drug-likeness (QED) is 0.900.